The van der Waals surface area contributed by atoms with Crippen LogP contribution in [0.3, 0.4) is 0 Å². The van der Waals surface area contributed by atoms with E-state index in [-0.39, 0.29) is 0 Å². The third-order valence-corrected chi connectivity index (χ3v) is 2.28. The Labute approximate surface area is 66.5 Å². The largest absolute Gasteiger partial charge is 0.501 e. The number of hydrogen-bond donors (Lipinski definition) is 0. The second-order valence-corrected chi connectivity index (χ2v) is 3.02. The predicted octanol–water partition coefficient (Wildman–Crippen LogP) is 1.49. The van der Waals surface area contributed by atoms with Crippen molar-refractivity contribution in [2.75, 3.05) is 6.61 Å². The summed E-state index contributed by atoms with van der Waals surface area (Å²) in [5.41, 5.74) is 0. The van der Waals surface area contributed by atoms with E-state index >= 15 is 0 Å². The number of ether oxygens (including phenoxy) is 2. The smallest absolute Gasteiger partial charge is 0.0930 e. The van der Waals surface area contributed by atoms with Crippen LogP contribution in [0.25, 0.3) is 0 Å². The SMILES string of the molecule is C=COCC1CC2C=CC1O2. The van der Waals surface area contributed by atoms with Gasteiger partial charge < -0.3 is 9.47 Å². The molecule has 3 atom stereocenters. The van der Waals surface area contributed by atoms with E-state index in [2.05, 4.69) is 18.7 Å². The topological polar surface area (TPSA) is 18.5 Å². The highest BCUT2D eigenvalue weighted by atomic mass is 16.5. The fourth-order valence-electron chi connectivity index (χ4n) is 1.72. The summed E-state index contributed by atoms with van der Waals surface area (Å²) in [7, 11) is 0. The fourth-order valence-corrected chi connectivity index (χ4v) is 1.72. The lowest BCUT2D eigenvalue weighted by Gasteiger charge is -2.13. The molecular formula is C9H12O2. The van der Waals surface area contributed by atoms with Crippen LogP contribution in [0.15, 0.2) is 25.0 Å². The maximum Gasteiger partial charge on any atom is 0.0930 e. The first-order chi connectivity index (χ1) is 5.40. The molecule has 2 aliphatic rings. The molecule has 11 heavy (non-hydrogen) atoms. The first-order valence-electron chi connectivity index (χ1n) is 3.96. The van der Waals surface area contributed by atoms with Crippen LogP contribution in [0.1, 0.15) is 6.42 Å². The van der Waals surface area contributed by atoms with Crippen molar-refractivity contribution < 1.29 is 9.47 Å². The van der Waals surface area contributed by atoms with Gasteiger partial charge in [0.25, 0.3) is 0 Å². The van der Waals surface area contributed by atoms with Crippen molar-refractivity contribution in [1.29, 1.82) is 0 Å². The Hall–Kier alpha value is -0.760. The number of rotatable bonds is 3. The zero-order chi connectivity index (χ0) is 7.68. The van der Waals surface area contributed by atoms with E-state index < -0.39 is 0 Å². The van der Waals surface area contributed by atoms with E-state index in [9.17, 15) is 0 Å². The summed E-state index contributed by atoms with van der Waals surface area (Å²) in [5, 5.41) is 0. The van der Waals surface area contributed by atoms with E-state index in [1.54, 1.807) is 0 Å². The lowest BCUT2D eigenvalue weighted by Crippen LogP contribution is -2.17. The Morgan fingerprint density at radius 3 is 3.09 bits per heavy atom. The third-order valence-electron chi connectivity index (χ3n) is 2.28. The second kappa shape index (κ2) is 2.70. The molecule has 1 saturated heterocycles. The Morgan fingerprint density at radius 2 is 2.55 bits per heavy atom. The summed E-state index contributed by atoms with van der Waals surface area (Å²) >= 11 is 0. The average Bonchev–Trinajstić information content (AvgIpc) is 2.60. The predicted molar refractivity (Wildman–Crippen MR) is 42.1 cm³/mol. The molecule has 2 aliphatic heterocycles. The molecule has 0 saturated carbocycles. The molecule has 0 aromatic rings. The molecular weight excluding hydrogens is 140 g/mol. The molecule has 0 N–H and O–H groups in total. The highest BCUT2D eigenvalue weighted by Gasteiger charge is 2.36. The van der Waals surface area contributed by atoms with Crippen LogP contribution < -0.4 is 0 Å². The monoisotopic (exact) mass is 152 g/mol. The molecule has 3 unspecified atom stereocenters. The summed E-state index contributed by atoms with van der Waals surface area (Å²) in [4.78, 5) is 0. The average molecular weight is 152 g/mol. The van der Waals surface area contributed by atoms with E-state index in [1.165, 1.54) is 6.26 Å². The molecule has 1 fully saturated rings. The van der Waals surface area contributed by atoms with Gasteiger partial charge in [-0.15, -0.1) is 0 Å². The molecule has 0 aromatic carbocycles. The van der Waals surface area contributed by atoms with Gasteiger partial charge in [0, 0.05) is 5.92 Å². The highest BCUT2D eigenvalue weighted by Crippen LogP contribution is 2.33. The van der Waals surface area contributed by atoms with Gasteiger partial charge in [-0.3, -0.25) is 0 Å². The quantitative estimate of drug-likeness (QED) is 0.450. The molecule has 2 bridgehead atoms. The third kappa shape index (κ3) is 1.18. The van der Waals surface area contributed by atoms with Gasteiger partial charge in [0.2, 0.25) is 0 Å². The Balaban J connectivity index is 1.88. The van der Waals surface area contributed by atoms with Gasteiger partial charge in [0.15, 0.2) is 0 Å². The van der Waals surface area contributed by atoms with Gasteiger partial charge in [-0.1, -0.05) is 18.7 Å². The molecule has 0 aliphatic carbocycles. The summed E-state index contributed by atoms with van der Waals surface area (Å²) in [6.07, 6.45) is 7.53. The molecule has 0 spiro atoms. The summed E-state index contributed by atoms with van der Waals surface area (Å²) < 4.78 is 10.7. The molecule has 0 amide bonds. The van der Waals surface area contributed by atoms with Gasteiger partial charge in [-0.05, 0) is 6.42 Å². The van der Waals surface area contributed by atoms with Gasteiger partial charge >= 0.3 is 0 Å². The summed E-state index contributed by atoms with van der Waals surface area (Å²) in [5.74, 6) is 0.544. The molecule has 60 valence electrons. The Kier molecular flexibility index (Phi) is 1.70. The van der Waals surface area contributed by atoms with E-state index in [1.807, 2.05) is 0 Å². The van der Waals surface area contributed by atoms with E-state index in [4.69, 9.17) is 9.47 Å². The lowest BCUT2D eigenvalue weighted by atomic mass is 9.95. The number of hydrogen-bond acceptors (Lipinski definition) is 2. The van der Waals surface area contributed by atoms with E-state index in [0.717, 1.165) is 13.0 Å². The van der Waals surface area contributed by atoms with Gasteiger partial charge in [-0.2, -0.15) is 0 Å². The minimum absolute atomic E-state index is 0.306. The number of fused-ring (bicyclic) bond motifs is 2. The molecule has 2 heterocycles. The van der Waals surface area contributed by atoms with Crippen molar-refractivity contribution in [3.8, 4) is 0 Å². The van der Waals surface area contributed by atoms with Crippen molar-refractivity contribution in [3.63, 3.8) is 0 Å². The Morgan fingerprint density at radius 1 is 1.64 bits per heavy atom. The summed E-state index contributed by atoms with van der Waals surface area (Å²) in [6.45, 7) is 4.25. The van der Waals surface area contributed by atoms with Crippen LogP contribution >= 0.6 is 0 Å². The maximum absolute atomic E-state index is 5.56. The summed E-state index contributed by atoms with van der Waals surface area (Å²) in [6, 6.07) is 0. The van der Waals surface area contributed by atoms with Crippen LogP contribution in [0.5, 0.6) is 0 Å². The minimum atomic E-state index is 0.306. The fraction of sp³-hybridized carbons (Fsp3) is 0.556. The van der Waals surface area contributed by atoms with Crippen LogP contribution in [0, 0.1) is 5.92 Å². The Bertz CT molecular complexity index is 186. The molecule has 0 aromatic heterocycles. The normalized spacial score (nSPS) is 39.5. The standard InChI is InChI=1S/C9H12O2/c1-2-10-6-7-5-8-3-4-9(7)11-8/h2-4,7-9H,1,5-6H2. The van der Waals surface area contributed by atoms with Crippen LogP contribution in [0.4, 0.5) is 0 Å². The van der Waals surface area contributed by atoms with Crippen LogP contribution in [-0.2, 0) is 9.47 Å². The van der Waals surface area contributed by atoms with Crippen LogP contribution in [0.2, 0.25) is 0 Å². The second-order valence-electron chi connectivity index (χ2n) is 3.02. The van der Waals surface area contributed by atoms with E-state index in [0.29, 0.717) is 18.1 Å². The molecule has 2 rings (SSSR count). The van der Waals surface area contributed by atoms with Crippen molar-refractivity contribution in [2.45, 2.75) is 18.6 Å². The highest BCUT2D eigenvalue weighted by molar-refractivity contribution is 5.10. The molecule has 2 nitrogen and oxygen atoms in total. The van der Waals surface area contributed by atoms with Gasteiger partial charge in [0.1, 0.15) is 0 Å². The first-order valence-corrected chi connectivity index (χ1v) is 3.96. The van der Waals surface area contributed by atoms with Gasteiger partial charge in [0.05, 0.1) is 25.1 Å². The zero-order valence-corrected chi connectivity index (χ0v) is 6.40. The minimum Gasteiger partial charge on any atom is -0.501 e. The van der Waals surface area contributed by atoms with Crippen molar-refractivity contribution in [2.24, 2.45) is 5.92 Å². The van der Waals surface area contributed by atoms with Crippen molar-refractivity contribution in [1.82, 2.24) is 0 Å². The lowest BCUT2D eigenvalue weighted by molar-refractivity contribution is 0.0914. The van der Waals surface area contributed by atoms with Gasteiger partial charge in [-0.25, -0.2) is 0 Å². The maximum atomic E-state index is 5.56. The van der Waals surface area contributed by atoms with Crippen molar-refractivity contribution >= 4 is 0 Å². The van der Waals surface area contributed by atoms with Crippen molar-refractivity contribution in [3.05, 3.63) is 25.0 Å². The molecule has 0 radical (unpaired) electrons. The van der Waals surface area contributed by atoms with Crippen LogP contribution in [-0.4, -0.2) is 18.8 Å². The first kappa shape index (κ1) is 6.92. The zero-order valence-electron chi connectivity index (χ0n) is 6.40. The molecule has 2 heteroatoms.